The van der Waals surface area contributed by atoms with Crippen LogP contribution in [0.25, 0.3) is 0 Å². The Bertz CT molecular complexity index is 2230. The monoisotopic (exact) mass is 844 g/mol. The summed E-state index contributed by atoms with van der Waals surface area (Å²) in [6, 6.07) is 1.42. The number of hydrogen-bond acceptors (Lipinski definition) is 2. The van der Waals surface area contributed by atoms with Gasteiger partial charge < -0.3 is 9.47 Å². The fraction of sp³-hybridized carbons (Fsp3) is 0.231. The third-order valence-electron chi connectivity index (χ3n) is 7.66. The van der Waals surface area contributed by atoms with Gasteiger partial charge in [0.1, 0.15) is 80.3 Å². The van der Waals surface area contributed by atoms with Crippen LogP contribution in [0, 0.1) is 70.2 Å². The minimum atomic E-state index is -5.52. The van der Waals surface area contributed by atoms with E-state index in [2.05, 4.69) is 39.7 Å². The molecule has 0 aromatic heterocycles. The summed E-state index contributed by atoms with van der Waals surface area (Å²) in [7, 11) is 0. The number of hydrogen-bond donors (Lipinski definition) is 0. The van der Waals surface area contributed by atoms with Crippen molar-refractivity contribution in [2.75, 3.05) is 0 Å². The van der Waals surface area contributed by atoms with Crippen LogP contribution in [0.1, 0.15) is 65.5 Å². The van der Waals surface area contributed by atoms with E-state index in [4.69, 9.17) is 0 Å². The fourth-order valence-corrected chi connectivity index (χ4v) is 5.15. The topological polar surface area (TPSA) is 18.5 Å². The molecule has 1 atom stereocenters. The van der Waals surface area contributed by atoms with Gasteiger partial charge >= 0.3 is 18.5 Å². The van der Waals surface area contributed by atoms with Crippen LogP contribution in [0.5, 0.6) is 11.5 Å². The molecule has 2 nitrogen and oxygen atoms in total. The SMILES string of the molecule is C=CC(F)(Oc1cc(F)c(C(F)(F)F)c(F)c1)c1c(F)cc(C#CCCCCCC#Cc2cc(F)c(C(F)(F)Oc3cc(F)c(C(F)(F)F)c(F)c3)c(F)c2)cc1F. The predicted octanol–water partition coefficient (Wildman–Crippen LogP) is 12.7. The van der Waals surface area contributed by atoms with Gasteiger partial charge in [-0.05, 0) is 43.2 Å². The number of ether oxygens (including phenoxy) is 2. The Morgan fingerprint density at radius 3 is 1.12 bits per heavy atom. The van der Waals surface area contributed by atoms with Crippen molar-refractivity contribution in [1.82, 2.24) is 0 Å². The first kappa shape index (κ1) is 44.9. The molecule has 0 radical (unpaired) electrons. The van der Waals surface area contributed by atoms with E-state index in [1.54, 1.807) is 0 Å². The summed E-state index contributed by atoms with van der Waals surface area (Å²) in [4.78, 5) is 0. The molecule has 0 aliphatic heterocycles. The van der Waals surface area contributed by atoms with Crippen LogP contribution >= 0.6 is 0 Å². The second kappa shape index (κ2) is 17.3. The maximum absolute atomic E-state index is 15.5. The maximum atomic E-state index is 15.5. The lowest BCUT2D eigenvalue weighted by Gasteiger charge is -2.25. The van der Waals surface area contributed by atoms with Gasteiger partial charge in [0.05, 0.1) is 0 Å². The zero-order valence-electron chi connectivity index (χ0n) is 28.7. The molecule has 4 aromatic rings. The lowest BCUT2D eigenvalue weighted by Crippen LogP contribution is -2.28. The average molecular weight is 845 g/mol. The average Bonchev–Trinajstić information content (AvgIpc) is 3.04. The summed E-state index contributed by atoms with van der Waals surface area (Å²) >= 11 is 0. The smallest absolute Gasteiger partial charge is 0.432 e. The zero-order valence-corrected chi connectivity index (χ0v) is 28.7. The van der Waals surface area contributed by atoms with E-state index < -0.39 is 110 Å². The van der Waals surface area contributed by atoms with Crippen molar-refractivity contribution in [3.05, 3.63) is 141 Å². The van der Waals surface area contributed by atoms with Crippen LogP contribution in [-0.2, 0) is 24.3 Å². The van der Waals surface area contributed by atoms with Crippen LogP contribution in [0.3, 0.4) is 0 Å². The molecule has 0 heterocycles. The molecule has 0 aliphatic carbocycles. The molecule has 0 saturated carbocycles. The van der Waals surface area contributed by atoms with E-state index in [1.807, 2.05) is 0 Å². The van der Waals surface area contributed by atoms with E-state index in [9.17, 15) is 70.2 Å². The standard InChI is InChI=1S/C39H21F17O2/c1-2-36(48,57-22-16-28(44)33(29(45)17-22)37(49,50)51)32-24(40)12-20(13-25(32)41)10-8-6-4-3-5-7-9-11-21-14-26(42)35(27(43)15-21)39(55,56)58-23-18-30(46)34(31(47)19-23)38(52,53)54/h2,12-19H,1,3-7H2. The number of unbranched alkanes of at least 4 members (excludes halogenated alkanes) is 4. The molecular formula is C39H21F17O2. The van der Waals surface area contributed by atoms with Gasteiger partial charge in [-0.1, -0.05) is 36.7 Å². The highest BCUT2D eigenvalue weighted by Crippen LogP contribution is 2.41. The maximum Gasteiger partial charge on any atom is 0.432 e. The quantitative estimate of drug-likeness (QED) is 0.0648. The van der Waals surface area contributed by atoms with Crippen molar-refractivity contribution in [3.63, 3.8) is 0 Å². The molecule has 308 valence electrons. The van der Waals surface area contributed by atoms with E-state index in [0.29, 0.717) is 43.5 Å². The summed E-state index contributed by atoms with van der Waals surface area (Å²) < 4.78 is 244. The Morgan fingerprint density at radius 2 is 0.776 bits per heavy atom. The first-order valence-electron chi connectivity index (χ1n) is 16.1. The van der Waals surface area contributed by atoms with Gasteiger partial charge in [0.15, 0.2) is 0 Å². The minimum Gasteiger partial charge on any atom is -0.450 e. The number of benzene rings is 4. The highest BCUT2D eigenvalue weighted by atomic mass is 19.4. The molecule has 0 aliphatic rings. The van der Waals surface area contributed by atoms with Gasteiger partial charge in [0, 0.05) is 48.2 Å². The summed E-state index contributed by atoms with van der Waals surface area (Å²) in [6.07, 6.45) is -14.3. The largest absolute Gasteiger partial charge is 0.450 e. The van der Waals surface area contributed by atoms with Gasteiger partial charge in [-0.15, -0.1) is 0 Å². The van der Waals surface area contributed by atoms with E-state index >= 15 is 4.39 Å². The van der Waals surface area contributed by atoms with E-state index in [0.717, 1.165) is 0 Å². The number of halogens is 17. The molecule has 0 N–H and O–H groups in total. The summed E-state index contributed by atoms with van der Waals surface area (Å²) in [6.45, 7) is 3.03. The minimum absolute atomic E-state index is 0.0328. The Morgan fingerprint density at radius 1 is 0.448 bits per heavy atom. The molecule has 58 heavy (non-hydrogen) atoms. The highest BCUT2D eigenvalue weighted by molar-refractivity contribution is 5.42. The molecule has 4 aromatic carbocycles. The Labute approximate surface area is 316 Å². The second-order valence-electron chi connectivity index (χ2n) is 11.9. The van der Waals surface area contributed by atoms with E-state index in [1.165, 1.54) is 0 Å². The first-order valence-corrected chi connectivity index (χ1v) is 16.1. The van der Waals surface area contributed by atoms with Crippen molar-refractivity contribution in [2.45, 2.75) is 56.4 Å². The Balaban J connectivity index is 1.32. The summed E-state index contributed by atoms with van der Waals surface area (Å²) in [5, 5.41) is 0. The van der Waals surface area contributed by atoms with Crippen LogP contribution < -0.4 is 9.47 Å². The number of alkyl halides is 9. The molecule has 1 unspecified atom stereocenters. The van der Waals surface area contributed by atoms with Crippen LogP contribution in [0.15, 0.2) is 61.2 Å². The molecule has 0 fully saturated rings. The van der Waals surface area contributed by atoms with Gasteiger partial charge in [-0.2, -0.15) is 39.5 Å². The molecule has 0 bridgehead atoms. The highest BCUT2D eigenvalue weighted by Gasteiger charge is 2.44. The molecule has 0 saturated heterocycles. The molecule has 0 amide bonds. The van der Waals surface area contributed by atoms with Crippen molar-refractivity contribution < 1.29 is 84.1 Å². The Kier molecular flexibility index (Phi) is 13.4. The van der Waals surface area contributed by atoms with Crippen LogP contribution in [-0.4, -0.2) is 0 Å². The summed E-state index contributed by atoms with van der Waals surface area (Å²) in [5.74, 6) is -12.4. The van der Waals surface area contributed by atoms with Crippen LogP contribution in [0.4, 0.5) is 74.6 Å². The van der Waals surface area contributed by atoms with Gasteiger partial charge in [0.25, 0.3) is 5.85 Å². The second-order valence-corrected chi connectivity index (χ2v) is 11.9. The molecule has 4 rings (SSSR count). The third-order valence-corrected chi connectivity index (χ3v) is 7.66. The van der Waals surface area contributed by atoms with Crippen molar-refractivity contribution in [2.24, 2.45) is 0 Å². The first-order chi connectivity index (χ1) is 26.9. The molecule has 19 heteroatoms. The van der Waals surface area contributed by atoms with E-state index in [-0.39, 0.29) is 48.7 Å². The van der Waals surface area contributed by atoms with Crippen LogP contribution in [0.2, 0.25) is 0 Å². The fourth-order valence-electron chi connectivity index (χ4n) is 5.15. The lowest BCUT2D eigenvalue weighted by atomic mass is 10.0. The summed E-state index contributed by atoms with van der Waals surface area (Å²) in [5.41, 5.74) is -8.87. The third kappa shape index (κ3) is 10.6. The van der Waals surface area contributed by atoms with Crippen molar-refractivity contribution in [1.29, 1.82) is 0 Å². The molecular weight excluding hydrogens is 823 g/mol. The van der Waals surface area contributed by atoms with Gasteiger partial charge in [0.2, 0.25) is 0 Å². The van der Waals surface area contributed by atoms with Crippen molar-refractivity contribution in [3.8, 4) is 35.2 Å². The number of rotatable bonds is 11. The Hall–Kier alpha value is -5.85. The molecule has 0 spiro atoms. The predicted molar refractivity (Wildman–Crippen MR) is 170 cm³/mol. The zero-order chi connectivity index (χ0) is 43.4. The normalized spacial score (nSPS) is 12.8. The van der Waals surface area contributed by atoms with Gasteiger partial charge in [-0.3, -0.25) is 0 Å². The lowest BCUT2D eigenvalue weighted by molar-refractivity contribution is -0.189. The van der Waals surface area contributed by atoms with Gasteiger partial charge in [-0.25, -0.2) is 35.1 Å². The van der Waals surface area contributed by atoms with Crippen molar-refractivity contribution >= 4 is 0 Å².